The SMILES string of the molecule is Cc1[nH]n(CC(C)C)c(=O)c1C#N. The minimum Gasteiger partial charge on any atom is -0.299 e. The monoisotopic (exact) mass is 179 g/mol. The van der Waals surface area contributed by atoms with Crippen LogP contribution in [0, 0.1) is 24.2 Å². The molecule has 0 aliphatic rings. The number of nitrogens with zero attached hydrogens (tertiary/aromatic N) is 2. The first-order valence-corrected chi connectivity index (χ1v) is 4.25. The maximum Gasteiger partial charge on any atom is 0.284 e. The van der Waals surface area contributed by atoms with E-state index in [0.717, 1.165) is 0 Å². The Kier molecular flexibility index (Phi) is 2.57. The fourth-order valence-corrected chi connectivity index (χ4v) is 1.23. The molecule has 0 saturated carbocycles. The van der Waals surface area contributed by atoms with E-state index < -0.39 is 0 Å². The number of nitrogens with one attached hydrogen (secondary N) is 1. The Morgan fingerprint density at radius 2 is 2.23 bits per heavy atom. The summed E-state index contributed by atoms with van der Waals surface area (Å²) in [7, 11) is 0. The zero-order chi connectivity index (χ0) is 10.0. The molecule has 70 valence electrons. The Bertz CT molecular complexity index is 392. The minimum atomic E-state index is -0.214. The first kappa shape index (κ1) is 9.59. The lowest BCUT2D eigenvalue weighted by molar-refractivity contribution is 0.471. The minimum absolute atomic E-state index is 0.214. The third-order valence-corrected chi connectivity index (χ3v) is 1.80. The average Bonchev–Trinajstić information content (AvgIpc) is 2.26. The van der Waals surface area contributed by atoms with Gasteiger partial charge in [-0.15, -0.1) is 0 Å². The largest absolute Gasteiger partial charge is 0.299 e. The lowest BCUT2D eigenvalue weighted by Crippen LogP contribution is -2.20. The molecule has 4 nitrogen and oxygen atoms in total. The van der Waals surface area contributed by atoms with Crippen molar-refractivity contribution in [3.05, 3.63) is 21.6 Å². The Labute approximate surface area is 76.8 Å². The van der Waals surface area contributed by atoms with Gasteiger partial charge in [0.15, 0.2) is 0 Å². The van der Waals surface area contributed by atoms with Crippen molar-refractivity contribution >= 4 is 0 Å². The summed E-state index contributed by atoms with van der Waals surface area (Å²) >= 11 is 0. The summed E-state index contributed by atoms with van der Waals surface area (Å²) in [6.07, 6.45) is 0. The highest BCUT2D eigenvalue weighted by molar-refractivity contribution is 5.29. The lowest BCUT2D eigenvalue weighted by atomic mass is 10.2. The van der Waals surface area contributed by atoms with Gasteiger partial charge in [0.25, 0.3) is 5.56 Å². The van der Waals surface area contributed by atoms with Gasteiger partial charge in [-0.1, -0.05) is 13.8 Å². The van der Waals surface area contributed by atoms with Crippen LogP contribution in [-0.4, -0.2) is 9.78 Å². The summed E-state index contributed by atoms with van der Waals surface area (Å²) in [5, 5.41) is 11.5. The van der Waals surface area contributed by atoms with E-state index in [2.05, 4.69) is 5.10 Å². The highest BCUT2D eigenvalue weighted by Gasteiger charge is 2.10. The second kappa shape index (κ2) is 3.48. The average molecular weight is 179 g/mol. The third kappa shape index (κ3) is 1.81. The number of hydrogen-bond acceptors (Lipinski definition) is 2. The molecule has 0 radical (unpaired) electrons. The molecule has 0 aliphatic heterocycles. The predicted molar refractivity (Wildman–Crippen MR) is 49.3 cm³/mol. The van der Waals surface area contributed by atoms with Crippen LogP contribution >= 0.6 is 0 Å². The number of hydrogen-bond donors (Lipinski definition) is 1. The summed E-state index contributed by atoms with van der Waals surface area (Å²) in [6.45, 7) is 6.40. The van der Waals surface area contributed by atoms with Gasteiger partial charge in [0.05, 0.1) is 5.69 Å². The normalized spacial score (nSPS) is 10.4. The van der Waals surface area contributed by atoms with E-state index in [9.17, 15) is 4.79 Å². The molecule has 0 amide bonds. The van der Waals surface area contributed by atoms with Crippen LogP contribution in [0.4, 0.5) is 0 Å². The van der Waals surface area contributed by atoms with Gasteiger partial charge in [-0.25, -0.2) is 0 Å². The Hall–Kier alpha value is -1.50. The Morgan fingerprint density at radius 1 is 1.62 bits per heavy atom. The van der Waals surface area contributed by atoms with Gasteiger partial charge in [-0.2, -0.15) is 5.26 Å². The maximum absolute atomic E-state index is 11.5. The summed E-state index contributed by atoms with van der Waals surface area (Å²) in [6, 6.07) is 1.89. The Morgan fingerprint density at radius 3 is 2.62 bits per heavy atom. The van der Waals surface area contributed by atoms with E-state index in [1.165, 1.54) is 4.68 Å². The molecule has 4 heteroatoms. The highest BCUT2D eigenvalue weighted by atomic mass is 16.1. The van der Waals surface area contributed by atoms with Crippen molar-refractivity contribution in [1.29, 1.82) is 5.26 Å². The van der Waals surface area contributed by atoms with E-state index in [1.807, 2.05) is 19.9 Å². The zero-order valence-corrected chi connectivity index (χ0v) is 8.09. The van der Waals surface area contributed by atoms with Crippen molar-refractivity contribution in [2.24, 2.45) is 5.92 Å². The molecule has 0 fully saturated rings. The van der Waals surface area contributed by atoms with Crippen LogP contribution in [0.1, 0.15) is 25.1 Å². The second-order valence-electron chi connectivity index (χ2n) is 3.53. The topological polar surface area (TPSA) is 61.6 Å². The quantitative estimate of drug-likeness (QED) is 0.736. The van der Waals surface area contributed by atoms with Gasteiger partial charge in [-0.05, 0) is 12.8 Å². The number of nitriles is 1. The van der Waals surface area contributed by atoms with Crippen molar-refractivity contribution in [1.82, 2.24) is 9.78 Å². The molecule has 0 aromatic carbocycles. The fourth-order valence-electron chi connectivity index (χ4n) is 1.23. The molecule has 1 heterocycles. The third-order valence-electron chi connectivity index (χ3n) is 1.80. The van der Waals surface area contributed by atoms with Crippen molar-refractivity contribution < 1.29 is 0 Å². The number of aromatic nitrogens is 2. The fraction of sp³-hybridized carbons (Fsp3) is 0.556. The molecule has 0 bridgehead atoms. The van der Waals surface area contributed by atoms with Crippen LogP contribution in [-0.2, 0) is 6.54 Å². The van der Waals surface area contributed by atoms with Crippen molar-refractivity contribution in [2.75, 3.05) is 0 Å². The van der Waals surface area contributed by atoms with Crippen LogP contribution < -0.4 is 5.56 Å². The number of H-pyrrole nitrogens is 1. The molecule has 1 aromatic heterocycles. The molecule has 1 N–H and O–H groups in total. The van der Waals surface area contributed by atoms with Gasteiger partial charge in [0.2, 0.25) is 0 Å². The van der Waals surface area contributed by atoms with Crippen LogP contribution in [0.3, 0.4) is 0 Å². The van der Waals surface area contributed by atoms with Gasteiger partial charge in [0, 0.05) is 6.54 Å². The van der Waals surface area contributed by atoms with Crippen LogP contribution in [0.5, 0.6) is 0 Å². The first-order chi connectivity index (χ1) is 6.06. The van der Waals surface area contributed by atoms with E-state index in [-0.39, 0.29) is 11.1 Å². The van der Waals surface area contributed by atoms with E-state index in [0.29, 0.717) is 18.2 Å². The van der Waals surface area contributed by atoms with Gasteiger partial charge in [0.1, 0.15) is 11.6 Å². The lowest BCUT2D eigenvalue weighted by Gasteiger charge is -2.03. The van der Waals surface area contributed by atoms with Crippen molar-refractivity contribution in [2.45, 2.75) is 27.3 Å². The summed E-state index contributed by atoms with van der Waals surface area (Å²) in [5.74, 6) is 0.391. The highest BCUT2D eigenvalue weighted by Crippen LogP contribution is 2.00. The number of rotatable bonds is 2. The van der Waals surface area contributed by atoms with Gasteiger partial charge in [-0.3, -0.25) is 14.6 Å². The smallest absolute Gasteiger partial charge is 0.284 e. The molecule has 1 aromatic rings. The maximum atomic E-state index is 11.5. The number of aromatic amines is 1. The standard InChI is InChI=1S/C9H13N3O/c1-6(2)5-12-9(13)8(4-10)7(3)11-12/h6,11H,5H2,1-3H3. The van der Waals surface area contributed by atoms with Gasteiger partial charge >= 0.3 is 0 Å². The summed E-state index contributed by atoms with van der Waals surface area (Å²) in [5.41, 5.74) is 0.655. The van der Waals surface area contributed by atoms with Crippen LogP contribution in [0.25, 0.3) is 0 Å². The predicted octanol–water partition coefficient (Wildman–Crippen LogP) is 1.01. The molecule has 0 unspecified atom stereocenters. The molecular weight excluding hydrogens is 166 g/mol. The van der Waals surface area contributed by atoms with Crippen molar-refractivity contribution in [3.8, 4) is 6.07 Å². The van der Waals surface area contributed by atoms with E-state index in [4.69, 9.17) is 5.26 Å². The molecule has 0 aliphatic carbocycles. The molecule has 0 atom stereocenters. The molecule has 0 spiro atoms. The number of aryl methyl sites for hydroxylation is 1. The van der Waals surface area contributed by atoms with Crippen LogP contribution in [0.15, 0.2) is 4.79 Å². The van der Waals surface area contributed by atoms with Gasteiger partial charge < -0.3 is 0 Å². The first-order valence-electron chi connectivity index (χ1n) is 4.25. The Balaban J connectivity index is 3.13. The van der Waals surface area contributed by atoms with E-state index >= 15 is 0 Å². The van der Waals surface area contributed by atoms with E-state index in [1.54, 1.807) is 6.92 Å². The second-order valence-corrected chi connectivity index (χ2v) is 3.53. The zero-order valence-electron chi connectivity index (χ0n) is 8.09. The molecule has 13 heavy (non-hydrogen) atoms. The summed E-state index contributed by atoms with van der Waals surface area (Å²) < 4.78 is 1.48. The summed E-state index contributed by atoms with van der Waals surface area (Å²) in [4.78, 5) is 11.5. The molecule has 0 saturated heterocycles. The van der Waals surface area contributed by atoms with Crippen LogP contribution in [0.2, 0.25) is 0 Å². The van der Waals surface area contributed by atoms with Crippen molar-refractivity contribution in [3.63, 3.8) is 0 Å². The molecule has 1 rings (SSSR count). The molecular formula is C9H13N3O.